The van der Waals surface area contributed by atoms with Crippen LogP contribution in [-0.4, -0.2) is 11.7 Å². The molecular formula is C4H4N2O2. The summed E-state index contributed by atoms with van der Waals surface area (Å²) < 4.78 is 4.57. The summed E-state index contributed by atoms with van der Waals surface area (Å²) in [6, 6.07) is 0. The molecule has 1 spiro atoms. The second kappa shape index (κ2) is 0.877. The van der Waals surface area contributed by atoms with Gasteiger partial charge in [-0.2, -0.15) is 5.43 Å². The van der Waals surface area contributed by atoms with Crippen molar-refractivity contribution in [2.45, 2.75) is 5.72 Å². The standard InChI is InChI=1S/C4H4N2O2/c7-3-4(8-3)1-2-5-6-4/h1-2,5-6H. The van der Waals surface area contributed by atoms with E-state index in [1.807, 2.05) is 0 Å². The second-order valence-corrected chi connectivity index (χ2v) is 1.73. The lowest BCUT2D eigenvalue weighted by molar-refractivity contribution is -0.117. The average Bonchev–Trinajstić information content (AvgIpc) is 2.29. The lowest BCUT2D eigenvalue weighted by atomic mass is 10.3. The highest BCUT2D eigenvalue weighted by Gasteiger charge is 2.58. The van der Waals surface area contributed by atoms with Gasteiger partial charge >= 0.3 is 5.97 Å². The Balaban J connectivity index is 2.29. The van der Waals surface area contributed by atoms with Gasteiger partial charge in [-0.3, -0.25) is 0 Å². The van der Waals surface area contributed by atoms with Crippen molar-refractivity contribution in [3.05, 3.63) is 12.3 Å². The predicted molar refractivity (Wildman–Crippen MR) is 24.2 cm³/mol. The molecule has 0 bridgehead atoms. The molecule has 1 atom stereocenters. The van der Waals surface area contributed by atoms with Crippen molar-refractivity contribution in [1.82, 2.24) is 10.9 Å². The molecule has 42 valence electrons. The summed E-state index contributed by atoms with van der Waals surface area (Å²) in [5.74, 6) is -0.223. The smallest absolute Gasteiger partial charge is 0.375 e. The van der Waals surface area contributed by atoms with E-state index in [2.05, 4.69) is 15.6 Å². The predicted octanol–water partition coefficient (Wildman–Crippen LogP) is -1.14. The van der Waals surface area contributed by atoms with Gasteiger partial charge in [0.2, 0.25) is 0 Å². The van der Waals surface area contributed by atoms with E-state index < -0.39 is 5.72 Å². The van der Waals surface area contributed by atoms with Crippen LogP contribution in [0.1, 0.15) is 0 Å². The number of carbonyl (C=O) groups is 1. The van der Waals surface area contributed by atoms with Crippen molar-refractivity contribution in [2.75, 3.05) is 0 Å². The average molecular weight is 112 g/mol. The van der Waals surface area contributed by atoms with Crippen molar-refractivity contribution in [3.63, 3.8) is 0 Å². The number of ether oxygens (including phenoxy) is 1. The van der Waals surface area contributed by atoms with Crippen molar-refractivity contribution >= 4 is 5.97 Å². The number of rotatable bonds is 0. The van der Waals surface area contributed by atoms with E-state index in [4.69, 9.17) is 0 Å². The molecule has 0 saturated carbocycles. The Morgan fingerprint density at radius 2 is 2.50 bits per heavy atom. The van der Waals surface area contributed by atoms with Crippen molar-refractivity contribution in [2.24, 2.45) is 0 Å². The Morgan fingerprint density at radius 1 is 1.75 bits per heavy atom. The number of hydrazine groups is 1. The van der Waals surface area contributed by atoms with Crippen LogP contribution in [0.15, 0.2) is 12.3 Å². The van der Waals surface area contributed by atoms with Crippen LogP contribution in [-0.2, 0) is 9.53 Å². The molecule has 0 radical (unpaired) electrons. The zero-order valence-corrected chi connectivity index (χ0v) is 3.97. The molecule has 0 amide bonds. The highest BCUT2D eigenvalue weighted by molar-refractivity contribution is 5.95. The third kappa shape index (κ3) is 0.272. The van der Waals surface area contributed by atoms with Gasteiger partial charge in [0.1, 0.15) is 0 Å². The number of nitrogens with one attached hydrogen (secondary N) is 2. The fourth-order valence-corrected chi connectivity index (χ4v) is 0.649. The quantitative estimate of drug-likeness (QED) is 0.389. The van der Waals surface area contributed by atoms with E-state index in [0.29, 0.717) is 0 Å². The van der Waals surface area contributed by atoms with Gasteiger partial charge in [-0.25, -0.2) is 4.79 Å². The lowest BCUT2D eigenvalue weighted by Gasteiger charge is -1.92. The van der Waals surface area contributed by atoms with Crippen molar-refractivity contribution < 1.29 is 9.53 Å². The first-order chi connectivity index (χ1) is 3.83. The fourth-order valence-electron chi connectivity index (χ4n) is 0.649. The maximum atomic E-state index is 10.3. The van der Waals surface area contributed by atoms with Crippen LogP contribution in [0.4, 0.5) is 0 Å². The van der Waals surface area contributed by atoms with Gasteiger partial charge in [-0.1, -0.05) is 0 Å². The van der Waals surface area contributed by atoms with Crippen LogP contribution in [0.5, 0.6) is 0 Å². The van der Waals surface area contributed by atoms with Crippen LogP contribution < -0.4 is 10.9 Å². The van der Waals surface area contributed by atoms with Crippen LogP contribution in [0.3, 0.4) is 0 Å². The molecule has 0 aromatic carbocycles. The van der Waals surface area contributed by atoms with E-state index in [1.165, 1.54) is 0 Å². The normalized spacial score (nSPS) is 39.8. The minimum absolute atomic E-state index is 0.223. The topological polar surface area (TPSA) is 53.7 Å². The van der Waals surface area contributed by atoms with Crippen LogP contribution in [0.2, 0.25) is 0 Å². The summed E-state index contributed by atoms with van der Waals surface area (Å²) in [4.78, 5) is 10.3. The summed E-state index contributed by atoms with van der Waals surface area (Å²) >= 11 is 0. The third-order valence-corrected chi connectivity index (χ3v) is 1.17. The zero-order valence-electron chi connectivity index (χ0n) is 3.97. The Kier molecular flexibility index (Phi) is 0.429. The summed E-state index contributed by atoms with van der Waals surface area (Å²) in [5.41, 5.74) is 4.48. The van der Waals surface area contributed by atoms with Gasteiger partial charge in [-0.15, -0.1) is 0 Å². The third-order valence-electron chi connectivity index (χ3n) is 1.17. The lowest BCUT2D eigenvalue weighted by Crippen LogP contribution is -2.34. The summed E-state index contributed by atoms with van der Waals surface area (Å²) in [6.45, 7) is 0. The van der Waals surface area contributed by atoms with Gasteiger partial charge in [0.05, 0.1) is 0 Å². The highest BCUT2D eigenvalue weighted by atomic mass is 16.7. The van der Waals surface area contributed by atoms with Gasteiger partial charge in [-0.05, 0) is 0 Å². The molecule has 4 heteroatoms. The minimum atomic E-state index is -0.778. The summed E-state index contributed by atoms with van der Waals surface area (Å²) in [7, 11) is 0. The van der Waals surface area contributed by atoms with E-state index in [-0.39, 0.29) is 5.97 Å². The molecule has 0 aromatic heterocycles. The molecule has 2 heterocycles. The van der Waals surface area contributed by atoms with E-state index in [9.17, 15) is 4.79 Å². The molecule has 1 saturated heterocycles. The van der Waals surface area contributed by atoms with Gasteiger partial charge in [0.15, 0.2) is 0 Å². The van der Waals surface area contributed by atoms with Crippen LogP contribution in [0, 0.1) is 0 Å². The zero-order chi connectivity index (χ0) is 5.61. The first-order valence-corrected chi connectivity index (χ1v) is 2.27. The molecule has 1 unspecified atom stereocenters. The van der Waals surface area contributed by atoms with Crippen molar-refractivity contribution in [1.29, 1.82) is 0 Å². The number of hydrogen-bond acceptors (Lipinski definition) is 4. The minimum Gasteiger partial charge on any atom is -0.422 e. The first-order valence-electron chi connectivity index (χ1n) is 2.27. The first kappa shape index (κ1) is 3.91. The molecule has 2 N–H and O–H groups in total. The maximum absolute atomic E-state index is 10.3. The molecule has 1 fully saturated rings. The molecule has 2 rings (SSSR count). The Hall–Kier alpha value is -1.03. The molecule has 8 heavy (non-hydrogen) atoms. The molecule has 2 aliphatic rings. The summed E-state index contributed by atoms with van der Waals surface area (Å²) in [6.07, 6.45) is 3.26. The van der Waals surface area contributed by atoms with Crippen molar-refractivity contribution in [3.8, 4) is 0 Å². The maximum Gasteiger partial charge on any atom is 0.375 e. The molecule has 2 aliphatic heterocycles. The number of hydrogen-bond donors (Lipinski definition) is 2. The van der Waals surface area contributed by atoms with Gasteiger partial charge in [0, 0.05) is 12.3 Å². The van der Waals surface area contributed by atoms with Gasteiger partial charge in [0.25, 0.3) is 5.72 Å². The van der Waals surface area contributed by atoms with E-state index >= 15 is 0 Å². The second-order valence-electron chi connectivity index (χ2n) is 1.73. The Bertz CT molecular complexity index is 177. The van der Waals surface area contributed by atoms with E-state index in [1.54, 1.807) is 12.3 Å². The van der Waals surface area contributed by atoms with Gasteiger partial charge < -0.3 is 10.2 Å². The van der Waals surface area contributed by atoms with E-state index in [0.717, 1.165) is 0 Å². The molecule has 0 aromatic rings. The molecule has 4 nitrogen and oxygen atoms in total. The summed E-state index contributed by atoms with van der Waals surface area (Å²) in [5, 5.41) is 0. The highest BCUT2D eigenvalue weighted by Crippen LogP contribution is 2.28. The fraction of sp³-hybridized carbons (Fsp3) is 0.250. The Morgan fingerprint density at radius 3 is 2.75 bits per heavy atom. The van der Waals surface area contributed by atoms with Crippen LogP contribution >= 0.6 is 0 Å². The monoisotopic (exact) mass is 112 g/mol. The number of epoxide rings is 1. The van der Waals surface area contributed by atoms with Crippen LogP contribution in [0.25, 0.3) is 0 Å². The SMILES string of the molecule is O=C1OC12C=CNN2. The molecule has 0 aliphatic carbocycles. The number of carbonyl (C=O) groups excluding carboxylic acids is 1. The largest absolute Gasteiger partial charge is 0.422 e. The Labute approximate surface area is 45.5 Å². The molecular weight excluding hydrogens is 108 g/mol.